The highest BCUT2D eigenvalue weighted by atomic mass is 35.5. The summed E-state index contributed by atoms with van der Waals surface area (Å²) in [7, 11) is -3.73. The zero-order valence-electron chi connectivity index (χ0n) is 13.5. The van der Waals surface area contributed by atoms with E-state index in [1.54, 1.807) is 30.5 Å². The highest BCUT2D eigenvalue weighted by molar-refractivity contribution is 8.05. The van der Waals surface area contributed by atoms with Crippen LogP contribution in [-0.4, -0.2) is 24.0 Å². The minimum absolute atomic E-state index is 0.0646. The molecular weight excluding hydrogens is 346 g/mol. The summed E-state index contributed by atoms with van der Waals surface area (Å²) >= 11 is 5.89. The number of pyridine rings is 1. The number of rotatable bonds is 4. The maximum Gasteiger partial charge on any atom is 0.258 e. The van der Waals surface area contributed by atoms with E-state index in [-0.39, 0.29) is 5.04 Å². The van der Waals surface area contributed by atoms with E-state index in [1.165, 1.54) is 0 Å². The molecule has 1 aromatic heterocycles. The molecule has 2 aromatic rings. The van der Waals surface area contributed by atoms with Crippen molar-refractivity contribution in [1.29, 1.82) is 0 Å². The van der Waals surface area contributed by atoms with Crippen molar-refractivity contribution in [2.45, 2.75) is 32.4 Å². The minimum Gasteiger partial charge on any atom is -0.265 e. The number of hydrogen-bond acceptors (Lipinski definition) is 4. The molecular formula is C17H18ClN3O2S. The molecule has 0 saturated carbocycles. The molecule has 0 spiro atoms. The van der Waals surface area contributed by atoms with Gasteiger partial charge in [-0.2, -0.15) is 0 Å². The molecule has 0 atom stereocenters. The van der Waals surface area contributed by atoms with Crippen LogP contribution in [-0.2, 0) is 23.0 Å². The summed E-state index contributed by atoms with van der Waals surface area (Å²) in [5.41, 5.74) is 1.60. The van der Waals surface area contributed by atoms with Crippen LogP contribution in [0.2, 0.25) is 5.02 Å². The van der Waals surface area contributed by atoms with Crippen molar-refractivity contribution >= 4 is 26.7 Å². The average molecular weight is 364 g/mol. The first-order chi connectivity index (χ1) is 11.3. The number of hydrogen-bond donors (Lipinski definition) is 1. The molecule has 2 heterocycles. The van der Waals surface area contributed by atoms with Gasteiger partial charge in [0, 0.05) is 22.3 Å². The minimum atomic E-state index is -3.73. The zero-order valence-corrected chi connectivity index (χ0v) is 15.0. The Balaban J connectivity index is 1.80. The Morgan fingerprint density at radius 3 is 2.62 bits per heavy atom. The molecule has 1 aliphatic heterocycles. The van der Waals surface area contributed by atoms with Gasteiger partial charge in [0.05, 0.1) is 12.2 Å². The molecule has 7 heteroatoms. The summed E-state index contributed by atoms with van der Waals surface area (Å²) in [6, 6.07) is 10.8. The topological polar surface area (TPSA) is 71.4 Å². The number of sulfonamides is 1. The van der Waals surface area contributed by atoms with Crippen LogP contribution < -0.4 is 4.72 Å². The van der Waals surface area contributed by atoms with Crippen molar-refractivity contribution < 1.29 is 8.42 Å². The van der Waals surface area contributed by atoms with E-state index >= 15 is 0 Å². The first-order valence-corrected chi connectivity index (χ1v) is 9.40. The molecule has 0 saturated heterocycles. The fourth-order valence-corrected chi connectivity index (χ4v) is 4.51. The van der Waals surface area contributed by atoms with Crippen LogP contribution in [0.1, 0.15) is 30.7 Å². The third-order valence-electron chi connectivity index (χ3n) is 3.72. The Hall–Kier alpha value is -1.76. The van der Waals surface area contributed by atoms with E-state index in [1.807, 2.05) is 26.0 Å². The van der Waals surface area contributed by atoms with Crippen molar-refractivity contribution in [3.05, 3.63) is 64.4 Å². The second kappa shape index (κ2) is 6.27. The van der Waals surface area contributed by atoms with Crippen molar-refractivity contribution in [1.82, 2.24) is 9.71 Å². The maximum absolute atomic E-state index is 12.8. The summed E-state index contributed by atoms with van der Waals surface area (Å²) in [5, 5.41) is 0.719. The first kappa shape index (κ1) is 17.1. The number of fused-ring (bicyclic) bond motifs is 1. The summed E-state index contributed by atoms with van der Waals surface area (Å²) in [5.74, 6) is 0. The lowest BCUT2D eigenvalue weighted by Gasteiger charge is -2.26. The van der Waals surface area contributed by atoms with Gasteiger partial charge in [-0.3, -0.25) is 9.98 Å². The van der Waals surface area contributed by atoms with E-state index in [4.69, 9.17) is 11.6 Å². The van der Waals surface area contributed by atoms with Crippen molar-refractivity contribution in [2.24, 2.45) is 4.99 Å². The van der Waals surface area contributed by atoms with Crippen molar-refractivity contribution in [3.63, 3.8) is 0 Å². The Morgan fingerprint density at radius 1 is 1.21 bits per heavy atom. The van der Waals surface area contributed by atoms with Crippen LogP contribution in [0.15, 0.2) is 47.6 Å². The normalized spacial score (nSPS) is 14.4. The van der Waals surface area contributed by atoms with Gasteiger partial charge in [-0.1, -0.05) is 23.7 Å². The number of nitrogens with zero attached hydrogens (tertiary/aromatic N) is 2. The zero-order chi connectivity index (χ0) is 17.4. The van der Waals surface area contributed by atoms with E-state index in [0.29, 0.717) is 29.2 Å². The molecule has 0 fully saturated rings. The quantitative estimate of drug-likeness (QED) is 0.907. The summed E-state index contributed by atoms with van der Waals surface area (Å²) < 4.78 is 28.3. The molecule has 1 aromatic carbocycles. The van der Waals surface area contributed by atoms with E-state index in [9.17, 15) is 8.42 Å². The monoisotopic (exact) mass is 363 g/mol. The van der Waals surface area contributed by atoms with Gasteiger partial charge in [-0.25, -0.2) is 13.1 Å². The van der Waals surface area contributed by atoms with Crippen LogP contribution >= 0.6 is 11.6 Å². The fraction of sp³-hybridized carbons (Fsp3) is 0.294. The maximum atomic E-state index is 12.8. The summed E-state index contributed by atoms with van der Waals surface area (Å²) in [6.45, 7) is 3.99. The molecule has 5 nitrogen and oxygen atoms in total. The van der Waals surface area contributed by atoms with Gasteiger partial charge in [0.15, 0.2) is 5.04 Å². The molecule has 0 radical (unpaired) electrons. The van der Waals surface area contributed by atoms with Crippen LogP contribution in [0.5, 0.6) is 0 Å². The first-order valence-electron chi connectivity index (χ1n) is 7.54. The van der Waals surface area contributed by atoms with Gasteiger partial charge in [0.2, 0.25) is 0 Å². The van der Waals surface area contributed by atoms with Crippen LogP contribution in [0, 0.1) is 0 Å². The van der Waals surface area contributed by atoms with Crippen molar-refractivity contribution in [2.75, 3.05) is 0 Å². The predicted molar refractivity (Wildman–Crippen MR) is 95.8 cm³/mol. The summed E-state index contributed by atoms with van der Waals surface area (Å²) in [4.78, 5) is 8.34. The molecule has 0 amide bonds. The Morgan fingerprint density at radius 2 is 1.92 bits per heavy atom. The Kier molecular flexibility index (Phi) is 4.46. The van der Waals surface area contributed by atoms with Gasteiger partial charge >= 0.3 is 0 Å². The highest BCUT2D eigenvalue weighted by Gasteiger charge is 2.33. The van der Waals surface area contributed by atoms with Gasteiger partial charge in [0.1, 0.15) is 0 Å². The molecule has 1 aliphatic rings. The molecule has 0 bridgehead atoms. The Labute approximate surface area is 146 Å². The fourth-order valence-electron chi connectivity index (χ4n) is 2.78. The average Bonchev–Trinajstić information content (AvgIpc) is 2.93. The third kappa shape index (κ3) is 3.66. The van der Waals surface area contributed by atoms with Gasteiger partial charge in [0.25, 0.3) is 10.0 Å². The number of nitrogens with one attached hydrogen (secondary N) is 1. The van der Waals surface area contributed by atoms with Gasteiger partial charge in [-0.15, -0.1) is 0 Å². The molecule has 24 heavy (non-hydrogen) atoms. The third-order valence-corrected chi connectivity index (χ3v) is 5.65. The Bertz CT molecular complexity index is 890. The number of benzene rings is 1. The van der Waals surface area contributed by atoms with Gasteiger partial charge in [-0.05, 0) is 50.1 Å². The van der Waals surface area contributed by atoms with E-state index in [2.05, 4.69) is 14.7 Å². The lowest BCUT2D eigenvalue weighted by Crippen LogP contribution is -2.47. The van der Waals surface area contributed by atoms with E-state index < -0.39 is 15.6 Å². The molecule has 126 valence electrons. The van der Waals surface area contributed by atoms with Gasteiger partial charge < -0.3 is 0 Å². The predicted octanol–water partition coefficient (Wildman–Crippen LogP) is 2.94. The molecule has 1 N–H and O–H groups in total. The smallest absolute Gasteiger partial charge is 0.258 e. The van der Waals surface area contributed by atoms with E-state index in [0.717, 1.165) is 5.56 Å². The second-order valence-electron chi connectivity index (χ2n) is 6.41. The number of aliphatic imine (C=N–C) groups is 1. The standard InChI is InChI=1S/C17H18ClN3O2S/c1-17(2,10-12-5-7-13(18)8-6-12)21-24(22,23)16-14-4-3-9-19-15(14)11-20-16/h3-9,21H,10-11H2,1-2H3. The van der Waals surface area contributed by atoms with Crippen molar-refractivity contribution in [3.8, 4) is 0 Å². The second-order valence-corrected chi connectivity index (χ2v) is 8.45. The van der Waals surface area contributed by atoms with Crippen LogP contribution in [0.3, 0.4) is 0 Å². The molecule has 0 unspecified atom stereocenters. The summed E-state index contributed by atoms with van der Waals surface area (Å²) in [6.07, 6.45) is 2.18. The van der Waals surface area contributed by atoms with Crippen LogP contribution in [0.25, 0.3) is 0 Å². The SMILES string of the molecule is CC(C)(Cc1ccc(Cl)cc1)NS(=O)(=O)C1=NCc2ncccc21. The van der Waals surface area contributed by atoms with Crippen LogP contribution in [0.4, 0.5) is 0 Å². The number of aromatic nitrogens is 1. The number of halogens is 1. The highest BCUT2D eigenvalue weighted by Crippen LogP contribution is 2.22. The lowest BCUT2D eigenvalue weighted by atomic mass is 9.96. The molecule has 0 aliphatic carbocycles. The molecule has 3 rings (SSSR count). The lowest BCUT2D eigenvalue weighted by molar-refractivity contribution is 0.455. The largest absolute Gasteiger partial charge is 0.265 e.